The van der Waals surface area contributed by atoms with Crippen molar-refractivity contribution >= 4 is 5.69 Å². The van der Waals surface area contributed by atoms with E-state index in [9.17, 15) is 0 Å². The molecule has 1 aromatic heterocycles. The average molecular weight is 228 g/mol. The highest BCUT2D eigenvalue weighted by Crippen LogP contribution is 2.26. The Kier molecular flexibility index (Phi) is 3.00. The molecule has 0 unspecified atom stereocenters. The summed E-state index contributed by atoms with van der Waals surface area (Å²) in [6.45, 7) is 6.02. The molecule has 0 aliphatic heterocycles. The molecule has 0 saturated carbocycles. The van der Waals surface area contributed by atoms with Crippen LogP contribution in [0.4, 0.5) is 5.69 Å². The number of pyridine rings is 1. The minimum absolute atomic E-state index is 0.459. The number of aryl methyl sites for hydroxylation is 3. The molecule has 0 bridgehead atoms. The van der Waals surface area contributed by atoms with Crippen molar-refractivity contribution in [2.45, 2.75) is 20.8 Å². The predicted octanol–water partition coefficient (Wildman–Crippen LogP) is 3.38. The Morgan fingerprint density at radius 1 is 0.941 bits per heavy atom. The summed E-state index contributed by atoms with van der Waals surface area (Å²) in [5, 5.41) is 0. The molecule has 0 atom stereocenters. The van der Waals surface area contributed by atoms with Crippen LogP contribution in [0.25, 0.3) is 0 Å². The number of nitrogen functional groups attached to an aromatic ring is 1. The highest BCUT2D eigenvalue weighted by molar-refractivity contribution is 5.51. The van der Waals surface area contributed by atoms with E-state index in [-0.39, 0.29) is 0 Å². The summed E-state index contributed by atoms with van der Waals surface area (Å²) in [6, 6.07) is 7.88. The molecule has 2 N–H and O–H groups in total. The van der Waals surface area contributed by atoms with E-state index in [4.69, 9.17) is 10.5 Å². The van der Waals surface area contributed by atoms with Gasteiger partial charge in [0.1, 0.15) is 5.75 Å². The average Bonchev–Trinajstić information content (AvgIpc) is 2.21. The Balaban J connectivity index is 2.31. The van der Waals surface area contributed by atoms with Gasteiger partial charge in [0.05, 0.1) is 5.69 Å². The van der Waals surface area contributed by atoms with E-state index in [0.717, 1.165) is 22.4 Å². The smallest absolute Gasteiger partial charge is 0.242 e. The lowest BCUT2D eigenvalue weighted by Gasteiger charge is -2.09. The van der Waals surface area contributed by atoms with Crippen molar-refractivity contribution in [1.29, 1.82) is 0 Å². The molecule has 0 aliphatic carbocycles. The summed E-state index contributed by atoms with van der Waals surface area (Å²) >= 11 is 0. The third-order valence-corrected chi connectivity index (χ3v) is 2.43. The largest absolute Gasteiger partial charge is 0.437 e. The fourth-order valence-electron chi connectivity index (χ4n) is 1.77. The first kappa shape index (κ1) is 11.5. The molecule has 3 heteroatoms. The van der Waals surface area contributed by atoms with Crippen LogP contribution in [-0.2, 0) is 0 Å². The first-order valence-corrected chi connectivity index (χ1v) is 5.53. The summed E-state index contributed by atoms with van der Waals surface area (Å²) in [5.74, 6) is 1.23. The van der Waals surface area contributed by atoms with Crippen molar-refractivity contribution in [3.05, 3.63) is 47.2 Å². The van der Waals surface area contributed by atoms with Gasteiger partial charge in [0.2, 0.25) is 5.88 Å². The Bertz CT molecular complexity index is 530. The minimum Gasteiger partial charge on any atom is -0.437 e. The molecule has 3 nitrogen and oxygen atoms in total. The second kappa shape index (κ2) is 4.45. The molecule has 0 amide bonds. The van der Waals surface area contributed by atoms with Gasteiger partial charge in [-0.15, -0.1) is 0 Å². The van der Waals surface area contributed by atoms with Gasteiger partial charge < -0.3 is 10.5 Å². The van der Waals surface area contributed by atoms with E-state index < -0.39 is 0 Å². The topological polar surface area (TPSA) is 48.1 Å². The quantitative estimate of drug-likeness (QED) is 0.857. The molecule has 0 aliphatic rings. The van der Waals surface area contributed by atoms with Gasteiger partial charge in [0, 0.05) is 6.20 Å². The van der Waals surface area contributed by atoms with E-state index in [2.05, 4.69) is 11.1 Å². The van der Waals surface area contributed by atoms with Gasteiger partial charge in [-0.1, -0.05) is 6.07 Å². The van der Waals surface area contributed by atoms with Crippen LogP contribution in [0.1, 0.15) is 16.7 Å². The number of aromatic nitrogens is 1. The Morgan fingerprint density at radius 3 is 2.18 bits per heavy atom. The van der Waals surface area contributed by atoms with Gasteiger partial charge in [-0.3, -0.25) is 0 Å². The van der Waals surface area contributed by atoms with Crippen molar-refractivity contribution in [2.24, 2.45) is 0 Å². The fraction of sp³-hybridized carbons (Fsp3) is 0.214. The van der Waals surface area contributed by atoms with Gasteiger partial charge in [-0.05, 0) is 55.7 Å². The fourth-order valence-corrected chi connectivity index (χ4v) is 1.77. The molecule has 17 heavy (non-hydrogen) atoms. The van der Waals surface area contributed by atoms with Crippen molar-refractivity contribution in [1.82, 2.24) is 4.98 Å². The zero-order valence-electron chi connectivity index (χ0n) is 10.3. The molecule has 88 valence electrons. The summed E-state index contributed by atoms with van der Waals surface area (Å²) in [6.07, 6.45) is 1.74. The van der Waals surface area contributed by atoms with Crippen LogP contribution in [0.3, 0.4) is 0 Å². The number of nitrogens with zero attached hydrogens (tertiary/aromatic N) is 1. The van der Waals surface area contributed by atoms with E-state index in [1.807, 2.05) is 39.0 Å². The maximum absolute atomic E-state index is 5.86. The predicted molar refractivity (Wildman–Crippen MR) is 69.4 cm³/mol. The third-order valence-electron chi connectivity index (χ3n) is 2.43. The Morgan fingerprint density at radius 2 is 1.59 bits per heavy atom. The third kappa shape index (κ3) is 2.75. The van der Waals surface area contributed by atoms with E-state index in [0.29, 0.717) is 11.6 Å². The zero-order chi connectivity index (χ0) is 12.4. The number of rotatable bonds is 2. The van der Waals surface area contributed by atoms with Gasteiger partial charge in [0.25, 0.3) is 0 Å². The molecule has 1 aromatic carbocycles. The molecule has 1 heterocycles. The molecule has 0 saturated heterocycles. The number of anilines is 1. The van der Waals surface area contributed by atoms with E-state index in [1.54, 1.807) is 6.20 Å². The lowest BCUT2D eigenvalue weighted by Crippen LogP contribution is -1.96. The van der Waals surface area contributed by atoms with Gasteiger partial charge in [0.15, 0.2) is 0 Å². The number of hydrogen-bond donors (Lipinski definition) is 1. The van der Waals surface area contributed by atoms with Gasteiger partial charge >= 0.3 is 0 Å². The zero-order valence-corrected chi connectivity index (χ0v) is 10.3. The second-order valence-electron chi connectivity index (χ2n) is 4.33. The van der Waals surface area contributed by atoms with Gasteiger partial charge in [-0.2, -0.15) is 0 Å². The SMILES string of the molecule is Cc1cc(C)cc(Oc2ncc(C)cc2N)c1. The summed E-state index contributed by atoms with van der Waals surface area (Å²) in [4.78, 5) is 4.19. The van der Waals surface area contributed by atoms with Crippen molar-refractivity contribution in [3.63, 3.8) is 0 Å². The van der Waals surface area contributed by atoms with Crippen molar-refractivity contribution < 1.29 is 4.74 Å². The first-order chi connectivity index (χ1) is 8.04. The minimum atomic E-state index is 0.459. The van der Waals surface area contributed by atoms with Crippen LogP contribution in [0.5, 0.6) is 11.6 Å². The standard InChI is InChI=1S/C14H16N2O/c1-9-4-10(2)6-12(5-9)17-14-13(15)7-11(3)8-16-14/h4-8H,15H2,1-3H3. The molecule has 0 spiro atoms. The monoisotopic (exact) mass is 228 g/mol. The normalized spacial score (nSPS) is 10.3. The van der Waals surface area contributed by atoms with Crippen molar-refractivity contribution in [2.75, 3.05) is 5.73 Å². The van der Waals surface area contributed by atoms with Gasteiger partial charge in [-0.25, -0.2) is 4.98 Å². The Labute approximate surface area is 101 Å². The van der Waals surface area contributed by atoms with Crippen LogP contribution < -0.4 is 10.5 Å². The number of hydrogen-bond acceptors (Lipinski definition) is 3. The van der Waals surface area contributed by atoms with E-state index >= 15 is 0 Å². The summed E-state index contributed by atoms with van der Waals surface area (Å²) in [5.41, 5.74) is 9.76. The molecular weight excluding hydrogens is 212 g/mol. The van der Waals surface area contributed by atoms with Crippen LogP contribution in [0.2, 0.25) is 0 Å². The maximum atomic E-state index is 5.86. The second-order valence-corrected chi connectivity index (χ2v) is 4.33. The molecular formula is C14H16N2O. The highest BCUT2D eigenvalue weighted by Gasteiger charge is 2.04. The maximum Gasteiger partial charge on any atom is 0.242 e. The number of nitrogens with two attached hydrogens (primary N) is 1. The van der Waals surface area contributed by atoms with Crippen LogP contribution in [0.15, 0.2) is 30.5 Å². The first-order valence-electron chi connectivity index (χ1n) is 5.53. The summed E-state index contributed by atoms with van der Waals surface area (Å²) < 4.78 is 5.69. The highest BCUT2D eigenvalue weighted by atomic mass is 16.5. The molecule has 0 radical (unpaired) electrons. The number of ether oxygens (including phenoxy) is 1. The Hall–Kier alpha value is -2.03. The van der Waals surface area contributed by atoms with Crippen LogP contribution in [0, 0.1) is 20.8 Å². The number of benzene rings is 1. The van der Waals surface area contributed by atoms with Crippen LogP contribution >= 0.6 is 0 Å². The molecule has 0 fully saturated rings. The lowest BCUT2D eigenvalue weighted by atomic mass is 10.1. The van der Waals surface area contributed by atoms with Crippen LogP contribution in [-0.4, -0.2) is 4.98 Å². The molecule has 2 rings (SSSR count). The van der Waals surface area contributed by atoms with E-state index in [1.165, 1.54) is 0 Å². The lowest BCUT2D eigenvalue weighted by molar-refractivity contribution is 0.464. The molecule has 2 aromatic rings. The summed E-state index contributed by atoms with van der Waals surface area (Å²) in [7, 11) is 0. The van der Waals surface area contributed by atoms with Crippen molar-refractivity contribution in [3.8, 4) is 11.6 Å².